The summed E-state index contributed by atoms with van der Waals surface area (Å²) in [5, 5.41) is 0. The van der Waals surface area contributed by atoms with Crippen molar-refractivity contribution in [3.63, 3.8) is 0 Å². The standard InChI is InChI=1S/C21H19NO2/c23-20(21-11-6-12-24-21)14-17(15-7-2-1-3-8-15)19-13-16-9-4-5-10-18(16)22-19/h1-3,6-8,11-14,22H,4-5,9-10H2/b17-14-. The first-order chi connectivity index (χ1) is 11.8. The highest BCUT2D eigenvalue weighted by molar-refractivity contribution is 6.08. The van der Waals surface area contributed by atoms with Crippen LogP contribution in [0.4, 0.5) is 0 Å². The Kier molecular flexibility index (Phi) is 3.91. The third-order valence-electron chi connectivity index (χ3n) is 4.53. The first-order valence-corrected chi connectivity index (χ1v) is 8.37. The monoisotopic (exact) mass is 317 g/mol. The van der Waals surface area contributed by atoms with Crippen molar-refractivity contribution in [1.29, 1.82) is 0 Å². The van der Waals surface area contributed by atoms with Crippen molar-refractivity contribution < 1.29 is 9.21 Å². The fourth-order valence-corrected chi connectivity index (χ4v) is 3.30. The van der Waals surface area contributed by atoms with Crippen LogP contribution in [-0.2, 0) is 12.8 Å². The molecule has 0 aliphatic heterocycles. The largest absolute Gasteiger partial charge is 0.461 e. The highest BCUT2D eigenvalue weighted by atomic mass is 16.3. The van der Waals surface area contributed by atoms with Gasteiger partial charge in [-0.25, -0.2) is 0 Å². The van der Waals surface area contributed by atoms with Crippen molar-refractivity contribution in [3.05, 3.63) is 89.1 Å². The molecule has 3 aromatic rings. The second-order valence-corrected chi connectivity index (χ2v) is 6.16. The molecule has 2 aromatic heterocycles. The Morgan fingerprint density at radius 1 is 1.04 bits per heavy atom. The molecule has 3 nitrogen and oxygen atoms in total. The SMILES string of the molecule is O=C(/C=C(/c1ccccc1)c1cc2c([nH]1)CCCC2)c1ccco1. The Morgan fingerprint density at radius 3 is 2.62 bits per heavy atom. The molecule has 0 saturated carbocycles. The fraction of sp³-hybridized carbons (Fsp3) is 0.190. The Morgan fingerprint density at radius 2 is 1.88 bits per heavy atom. The van der Waals surface area contributed by atoms with Crippen LogP contribution < -0.4 is 0 Å². The number of carbonyl (C=O) groups is 1. The van der Waals surface area contributed by atoms with Crippen molar-refractivity contribution in [2.45, 2.75) is 25.7 Å². The van der Waals surface area contributed by atoms with Crippen LogP contribution in [0, 0.1) is 0 Å². The molecule has 0 saturated heterocycles. The van der Waals surface area contributed by atoms with Crippen LogP contribution >= 0.6 is 0 Å². The third-order valence-corrected chi connectivity index (χ3v) is 4.53. The summed E-state index contributed by atoms with van der Waals surface area (Å²) >= 11 is 0. The van der Waals surface area contributed by atoms with Gasteiger partial charge in [-0.1, -0.05) is 30.3 Å². The minimum absolute atomic E-state index is 0.119. The van der Waals surface area contributed by atoms with E-state index < -0.39 is 0 Å². The lowest BCUT2D eigenvalue weighted by Crippen LogP contribution is -1.99. The van der Waals surface area contributed by atoms with E-state index in [0.717, 1.165) is 29.7 Å². The highest BCUT2D eigenvalue weighted by Crippen LogP contribution is 2.29. The topological polar surface area (TPSA) is 46.0 Å². The normalized spacial score (nSPS) is 14.4. The summed E-state index contributed by atoms with van der Waals surface area (Å²) in [5.74, 6) is 0.242. The minimum atomic E-state index is -0.119. The van der Waals surface area contributed by atoms with E-state index in [1.807, 2.05) is 30.3 Å². The van der Waals surface area contributed by atoms with Crippen molar-refractivity contribution in [1.82, 2.24) is 4.98 Å². The number of hydrogen-bond acceptors (Lipinski definition) is 2. The number of aromatic nitrogens is 1. The molecule has 0 bridgehead atoms. The molecule has 2 heterocycles. The quantitative estimate of drug-likeness (QED) is 0.555. The number of ketones is 1. The number of rotatable bonds is 4. The predicted molar refractivity (Wildman–Crippen MR) is 94.0 cm³/mol. The maximum Gasteiger partial charge on any atom is 0.221 e. The van der Waals surface area contributed by atoms with Gasteiger partial charge in [-0.2, -0.15) is 0 Å². The summed E-state index contributed by atoms with van der Waals surface area (Å²) in [7, 11) is 0. The Bertz CT molecular complexity index is 846. The molecule has 1 aliphatic carbocycles. The van der Waals surface area contributed by atoms with E-state index in [0.29, 0.717) is 5.76 Å². The summed E-state index contributed by atoms with van der Waals surface area (Å²) in [4.78, 5) is 16.1. The van der Waals surface area contributed by atoms with Crippen LogP contribution in [0.15, 0.2) is 65.3 Å². The lowest BCUT2D eigenvalue weighted by atomic mass is 9.97. The summed E-state index contributed by atoms with van der Waals surface area (Å²) in [6.45, 7) is 0. The molecular formula is C21H19NO2. The maximum absolute atomic E-state index is 12.5. The van der Waals surface area contributed by atoms with Crippen LogP contribution in [0.25, 0.3) is 5.57 Å². The number of aromatic amines is 1. The van der Waals surface area contributed by atoms with Gasteiger partial charge in [0.1, 0.15) is 0 Å². The molecule has 1 aromatic carbocycles. The van der Waals surface area contributed by atoms with Gasteiger partial charge in [-0.05, 0) is 61.1 Å². The van der Waals surface area contributed by atoms with Crippen LogP contribution in [0.3, 0.4) is 0 Å². The number of allylic oxidation sites excluding steroid dienone is 1. The van der Waals surface area contributed by atoms with Gasteiger partial charge < -0.3 is 9.40 Å². The van der Waals surface area contributed by atoms with Crippen LogP contribution in [-0.4, -0.2) is 10.8 Å². The van der Waals surface area contributed by atoms with Gasteiger partial charge in [0.15, 0.2) is 5.76 Å². The second-order valence-electron chi connectivity index (χ2n) is 6.16. The van der Waals surface area contributed by atoms with Gasteiger partial charge in [0.05, 0.1) is 6.26 Å². The molecule has 3 heteroatoms. The number of nitrogens with one attached hydrogen (secondary N) is 1. The molecule has 120 valence electrons. The molecule has 0 spiro atoms. The molecule has 4 rings (SSSR count). The van der Waals surface area contributed by atoms with Gasteiger partial charge in [-0.3, -0.25) is 4.79 Å². The average Bonchev–Trinajstić information content (AvgIpc) is 3.29. The van der Waals surface area contributed by atoms with E-state index >= 15 is 0 Å². The van der Waals surface area contributed by atoms with Gasteiger partial charge in [-0.15, -0.1) is 0 Å². The number of H-pyrrole nitrogens is 1. The van der Waals surface area contributed by atoms with E-state index in [2.05, 4.69) is 11.1 Å². The van der Waals surface area contributed by atoms with E-state index in [-0.39, 0.29) is 5.78 Å². The van der Waals surface area contributed by atoms with Crippen molar-refractivity contribution >= 4 is 11.4 Å². The van der Waals surface area contributed by atoms with Crippen LogP contribution in [0.1, 0.15) is 45.9 Å². The van der Waals surface area contributed by atoms with E-state index in [1.54, 1.807) is 18.2 Å². The van der Waals surface area contributed by atoms with Gasteiger partial charge >= 0.3 is 0 Å². The van der Waals surface area contributed by atoms with E-state index in [9.17, 15) is 4.79 Å². The predicted octanol–water partition coefficient (Wildman–Crippen LogP) is 4.80. The lowest BCUT2D eigenvalue weighted by molar-refractivity contribution is 0.102. The third kappa shape index (κ3) is 2.85. The Hall–Kier alpha value is -2.81. The number of carbonyl (C=O) groups excluding carboxylic acids is 1. The maximum atomic E-state index is 12.5. The summed E-state index contributed by atoms with van der Waals surface area (Å²) in [6, 6.07) is 15.6. The van der Waals surface area contributed by atoms with E-state index in [1.165, 1.54) is 30.4 Å². The molecule has 1 N–H and O–H groups in total. The number of fused-ring (bicyclic) bond motifs is 1. The number of hydrogen-bond donors (Lipinski definition) is 1. The molecular weight excluding hydrogens is 298 g/mol. The number of benzene rings is 1. The minimum Gasteiger partial charge on any atom is -0.461 e. The number of aryl methyl sites for hydroxylation is 2. The second kappa shape index (κ2) is 6.36. The van der Waals surface area contributed by atoms with Crippen molar-refractivity contribution in [2.24, 2.45) is 0 Å². The lowest BCUT2D eigenvalue weighted by Gasteiger charge is -2.09. The van der Waals surface area contributed by atoms with Crippen molar-refractivity contribution in [2.75, 3.05) is 0 Å². The zero-order valence-corrected chi connectivity index (χ0v) is 13.4. The summed E-state index contributed by atoms with van der Waals surface area (Å²) in [5.41, 5.74) is 5.63. The molecule has 0 fully saturated rings. The van der Waals surface area contributed by atoms with Crippen LogP contribution in [0.5, 0.6) is 0 Å². The van der Waals surface area contributed by atoms with Gasteiger partial charge in [0, 0.05) is 17.0 Å². The smallest absolute Gasteiger partial charge is 0.221 e. The molecule has 1 aliphatic rings. The van der Waals surface area contributed by atoms with E-state index in [4.69, 9.17) is 4.42 Å². The average molecular weight is 317 g/mol. The molecule has 0 radical (unpaired) electrons. The molecule has 0 unspecified atom stereocenters. The van der Waals surface area contributed by atoms with Gasteiger partial charge in [0.25, 0.3) is 0 Å². The van der Waals surface area contributed by atoms with Crippen molar-refractivity contribution in [3.8, 4) is 0 Å². The summed E-state index contributed by atoms with van der Waals surface area (Å²) in [6.07, 6.45) is 7.86. The fourth-order valence-electron chi connectivity index (χ4n) is 3.30. The Balaban J connectivity index is 1.79. The van der Waals surface area contributed by atoms with Gasteiger partial charge in [0.2, 0.25) is 5.78 Å². The van der Waals surface area contributed by atoms with Crippen LogP contribution in [0.2, 0.25) is 0 Å². The Labute approximate surface area is 141 Å². The first-order valence-electron chi connectivity index (χ1n) is 8.37. The first kappa shape index (κ1) is 14.8. The number of furan rings is 1. The zero-order chi connectivity index (χ0) is 16.4. The zero-order valence-electron chi connectivity index (χ0n) is 13.4. The molecule has 0 atom stereocenters. The molecule has 0 amide bonds. The summed E-state index contributed by atoms with van der Waals surface area (Å²) < 4.78 is 5.24. The molecule has 24 heavy (non-hydrogen) atoms. The highest BCUT2D eigenvalue weighted by Gasteiger charge is 2.17.